The quantitative estimate of drug-likeness (QED) is 0.490. The van der Waals surface area contributed by atoms with Gasteiger partial charge in [-0.15, -0.1) is 0 Å². The first-order valence-corrected chi connectivity index (χ1v) is 6.56. The van der Waals surface area contributed by atoms with Gasteiger partial charge in [-0.2, -0.15) is 5.26 Å². The van der Waals surface area contributed by atoms with E-state index in [4.69, 9.17) is 14.7 Å². The Morgan fingerprint density at radius 1 is 1.29 bits per heavy atom. The Labute approximate surface area is 123 Å². The molecule has 2 aromatic rings. The lowest BCUT2D eigenvalue weighted by molar-refractivity contribution is -0.137. The lowest BCUT2D eigenvalue weighted by Crippen LogP contribution is -2.06. The molecule has 0 amide bonds. The average molecular weight is 281 g/mol. The molecule has 0 aromatic heterocycles. The fraction of sp³-hybridized carbons (Fsp3) is 0.176. The third-order valence-electron chi connectivity index (χ3n) is 3.06. The second kappa shape index (κ2) is 6.58. The highest BCUT2D eigenvalue weighted by Gasteiger charge is 2.13. The summed E-state index contributed by atoms with van der Waals surface area (Å²) in [6, 6.07) is 13.3. The van der Waals surface area contributed by atoms with Crippen molar-refractivity contribution < 1.29 is 14.3 Å². The molecule has 0 heterocycles. The van der Waals surface area contributed by atoms with Gasteiger partial charge in [0.05, 0.1) is 13.7 Å². The monoisotopic (exact) mass is 281 g/mol. The first kappa shape index (κ1) is 14.6. The van der Waals surface area contributed by atoms with Crippen molar-refractivity contribution in [2.75, 3.05) is 13.7 Å². The zero-order valence-electron chi connectivity index (χ0n) is 11.9. The topological polar surface area (TPSA) is 59.3 Å². The molecule has 0 fully saturated rings. The molecule has 21 heavy (non-hydrogen) atoms. The van der Waals surface area contributed by atoms with Crippen molar-refractivity contribution in [3.8, 4) is 11.8 Å². The number of esters is 1. The summed E-state index contributed by atoms with van der Waals surface area (Å²) in [6.45, 7) is 1.93. The predicted octanol–water partition coefficient (Wildman–Crippen LogP) is 3.32. The van der Waals surface area contributed by atoms with E-state index in [2.05, 4.69) is 0 Å². The van der Waals surface area contributed by atoms with Crippen molar-refractivity contribution in [3.05, 3.63) is 47.5 Å². The Hall–Kier alpha value is -2.80. The molecule has 4 nitrogen and oxygen atoms in total. The Morgan fingerprint density at radius 2 is 2.05 bits per heavy atom. The Kier molecular flexibility index (Phi) is 4.57. The zero-order valence-corrected chi connectivity index (χ0v) is 11.9. The van der Waals surface area contributed by atoms with Crippen molar-refractivity contribution in [2.24, 2.45) is 0 Å². The van der Waals surface area contributed by atoms with Crippen LogP contribution in [0.4, 0.5) is 0 Å². The largest absolute Gasteiger partial charge is 0.496 e. The van der Waals surface area contributed by atoms with E-state index in [1.807, 2.05) is 42.5 Å². The third-order valence-corrected chi connectivity index (χ3v) is 3.06. The van der Waals surface area contributed by atoms with E-state index in [0.29, 0.717) is 11.3 Å². The van der Waals surface area contributed by atoms with Crippen molar-refractivity contribution >= 4 is 22.8 Å². The van der Waals surface area contributed by atoms with E-state index >= 15 is 0 Å². The standard InChI is InChI=1S/C17H15NO3/c1-3-21-17(19)13(11-18)10-15-14-7-5-4-6-12(14)8-9-16(15)20-2/h4-10H,3H2,1-2H3/b13-10+. The predicted molar refractivity (Wildman–Crippen MR) is 80.7 cm³/mol. The molecule has 0 N–H and O–H groups in total. The highest BCUT2D eigenvalue weighted by atomic mass is 16.5. The Morgan fingerprint density at radius 3 is 2.71 bits per heavy atom. The molecule has 2 aromatic carbocycles. The number of fused-ring (bicyclic) bond motifs is 1. The summed E-state index contributed by atoms with van der Waals surface area (Å²) in [6.07, 6.45) is 1.51. The number of carbonyl (C=O) groups is 1. The van der Waals surface area contributed by atoms with Gasteiger partial charge in [0.25, 0.3) is 0 Å². The van der Waals surface area contributed by atoms with Gasteiger partial charge in [-0.3, -0.25) is 0 Å². The van der Waals surface area contributed by atoms with E-state index in [1.54, 1.807) is 14.0 Å². The molecule has 106 valence electrons. The van der Waals surface area contributed by atoms with Crippen LogP contribution in [-0.2, 0) is 9.53 Å². The molecule has 0 radical (unpaired) electrons. The second-order valence-corrected chi connectivity index (χ2v) is 4.29. The van der Waals surface area contributed by atoms with Gasteiger partial charge in [-0.05, 0) is 29.8 Å². The smallest absolute Gasteiger partial charge is 0.348 e. The minimum absolute atomic E-state index is 0.0495. The van der Waals surface area contributed by atoms with Gasteiger partial charge in [0.2, 0.25) is 0 Å². The van der Waals surface area contributed by atoms with Crippen LogP contribution in [-0.4, -0.2) is 19.7 Å². The van der Waals surface area contributed by atoms with E-state index in [-0.39, 0.29) is 12.2 Å². The van der Waals surface area contributed by atoms with E-state index in [1.165, 1.54) is 6.08 Å². The maximum atomic E-state index is 11.8. The summed E-state index contributed by atoms with van der Waals surface area (Å²) in [5, 5.41) is 11.1. The van der Waals surface area contributed by atoms with Crippen LogP contribution in [0.25, 0.3) is 16.8 Å². The summed E-state index contributed by atoms with van der Waals surface area (Å²) >= 11 is 0. The number of carbonyl (C=O) groups excluding carboxylic acids is 1. The van der Waals surface area contributed by atoms with Crippen molar-refractivity contribution in [1.29, 1.82) is 5.26 Å². The van der Waals surface area contributed by atoms with E-state index in [9.17, 15) is 4.79 Å². The maximum absolute atomic E-state index is 11.8. The summed E-state index contributed by atoms with van der Waals surface area (Å²) in [5.41, 5.74) is 0.645. The zero-order chi connectivity index (χ0) is 15.2. The number of benzene rings is 2. The van der Waals surface area contributed by atoms with Crippen molar-refractivity contribution in [1.82, 2.24) is 0 Å². The van der Waals surface area contributed by atoms with Crippen LogP contribution in [0.3, 0.4) is 0 Å². The Balaban J connectivity index is 2.64. The van der Waals surface area contributed by atoms with Crippen LogP contribution in [0, 0.1) is 11.3 Å². The normalized spacial score (nSPS) is 11.0. The lowest BCUT2D eigenvalue weighted by Gasteiger charge is -2.09. The first-order valence-electron chi connectivity index (χ1n) is 6.56. The third kappa shape index (κ3) is 3.03. The van der Waals surface area contributed by atoms with Gasteiger partial charge in [-0.25, -0.2) is 4.79 Å². The summed E-state index contributed by atoms with van der Waals surface area (Å²) < 4.78 is 10.2. The fourth-order valence-corrected chi connectivity index (χ4v) is 2.09. The molecule has 0 spiro atoms. The molecule has 0 aliphatic heterocycles. The molecule has 0 saturated carbocycles. The fourth-order valence-electron chi connectivity index (χ4n) is 2.09. The number of ether oxygens (including phenoxy) is 2. The summed E-state index contributed by atoms with van der Waals surface area (Å²) in [5.74, 6) is -0.0271. The number of hydrogen-bond donors (Lipinski definition) is 0. The highest BCUT2D eigenvalue weighted by Crippen LogP contribution is 2.30. The molecule has 0 unspecified atom stereocenters. The SMILES string of the molecule is CCOC(=O)/C(C#N)=C/c1c(OC)ccc2ccccc12. The number of nitriles is 1. The van der Waals surface area contributed by atoms with Gasteiger partial charge >= 0.3 is 5.97 Å². The van der Waals surface area contributed by atoms with Gasteiger partial charge < -0.3 is 9.47 Å². The average Bonchev–Trinajstić information content (AvgIpc) is 2.52. The second-order valence-electron chi connectivity index (χ2n) is 4.29. The summed E-state index contributed by atoms with van der Waals surface area (Å²) in [4.78, 5) is 11.8. The van der Waals surface area contributed by atoms with E-state index < -0.39 is 5.97 Å². The highest BCUT2D eigenvalue weighted by molar-refractivity contribution is 6.02. The molecule has 4 heteroatoms. The number of rotatable bonds is 4. The van der Waals surface area contributed by atoms with Crippen LogP contribution in [0.5, 0.6) is 5.75 Å². The van der Waals surface area contributed by atoms with Crippen LogP contribution in [0.15, 0.2) is 42.0 Å². The molecular weight excluding hydrogens is 266 g/mol. The number of methoxy groups -OCH3 is 1. The molecular formula is C17H15NO3. The molecule has 2 rings (SSSR count). The van der Waals surface area contributed by atoms with Crippen LogP contribution in [0.2, 0.25) is 0 Å². The number of hydrogen-bond acceptors (Lipinski definition) is 4. The first-order chi connectivity index (χ1) is 10.2. The molecule has 0 aliphatic carbocycles. The van der Waals surface area contributed by atoms with Gasteiger partial charge in [0, 0.05) is 5.56 Å². The molecule has 0 aliphatic rings. The van der Waals surface area contributed by atoms with E-state index in [0.717, 1.165) is 10.8 Å². The maximum Gasteiger partial charge on any atom is 0.348 e. The van der Waals surface area contributed by atoms with Crippen molar-refractivity contribution in [2.45, 2.75) is 6.92 Å². The van der Waals surface area contributed by atoms with Gasteiger partial charge in [-0.1, -0.05) is 30.3 Å². The molecule has 0 bridgehead atoms. The minimum Gasteiger partial charge on any atom is -0.496 e. The van der Waals surface area contributed by atoms with Crippen LogP contribution in [0.1, 0.15) is 12.5 Å². The molecule has 0 saturated heterocycles. The van der Waals surface area contributed by atoms with Crippen molar-refractivity contribution in [3.63, 3.8) is 0 Å². The summed E-state index contributed by atoms with van der Waals surface area (Å²) in [7, 11) is 1.55. The van der Waals surface area contributed by atoms with Crippen LogP contribution >= 0.6 is 0 Å². The van der Waals surface area contributed by atoms with Gasteiger partial charge in [0.15, 0.2) is 0 Å². The van der Waals surface area contributed by atoms with Gasteiger partial charge in [0.1, 0.15) is 17.4 Å². The minimum atomic E-state index is -0.630. The van der Waals surface area contributed by atoms with Crippen LogP contribution < -0.4 is 4.74 Å². The lowest BCUT2D eigenvalue weighted by atomic mass is 10.0. The molecule has 0 atom stereocenters. The Bertz CT molecular complexity index is 741. The number of nitrogens with zero attached hydrogens (tertiary/aromatic N) is 1.